The Morgan fingerprint density at radius 1 is 1.14 bits per heavy atom. The van der Waals surface area contributed by atoms with Crippen LogP contribution in [0.1, 0.15) is 29.9 Å². The van der Waals surface area contributed by atoms with Crippen LogP contribution in [0.2, 0.25) is 0 Å². The van der Waals surface area contributed by atoms with Crippen molar-refractivity contribution in [2.45, 2.75) is 24.8 Å². The summed E-state index contributed by atoms with van der Waals surface area (Å²) < 4.78 is 5.39. The monoisotopic (exact) mass is 380 g/mol. The van der Waals surface area contributed by atoms with Gasteiger partial charge >= 0.3 is 12.1 Å². The third-order valence-electron chi connectivity index (χ3n) is 4.74. The van der Waals surface area contributed by atoms with Crippen LogP contribution in [0.4, 0.5) is 4.79 Å². The van der Waals surface area contributed by atoms with E-state index in [9.17, 15) is 9.59 Å². The average Bonchev–Trinajstić information content (AvgIpc) is 3.02. The second kappa shape index (κ2) is 8.92. The Morgan fingerprint density at radius 2 is 1.75 bits per heavy atom. The van der Waals surface area contributed by atoms with E-state index in [1.807, 2.05) is 36.4 Å². The minimum atomic E-state index is -1.18. The van der Waals surface area contributed by atoms with Gasteiger partial charge in [-0.1, -0.05) is 53.6 Å². The summed E-state index contributed by atoms with van der Waals surface area (Å²) >= 11 is 0. The molecule has 1 aliphatic rings. The first-order valence-corrected chi connectivity index (χ1v) is 8.97. The first kappa shape index (κ1) is 19.3. The molecule has 0 aromatic heterocycles. The maximum atomic E-state index is 12.0. The van der Waals surface area contributed by atoms with Crippen molar-refractivity contribution in [2.75, 3.05) is 13.2 Å². The molecule has 2 N–H and O–H groups in total. The van der Waals surface area contributed by atoms with E-state index in [2.05, 4.69) is 27.5 Å². The highest BCUT2D eigenvalue weighted by molar-refractivity contribution is 5.79. The minimum absolute atomic E-state index is 0.0143. The lowest BCUT2D eigenvalue weighted by atomic mass is 9.98. The number of nitrogens with one attached hydrogen (secondary N) is 1. The molecule has 3 rings (SSSR count). The third-order valence-corrected chi connectivity index (χ3v) is 4.74. The maximum absolute atomic E-state index is 12.0. The SMILES string of the molecule is [N-]=[N+]=N[C@@H](CCCNC(=O)OCC1c2ccccc2-c2ccccc21)C(=O)O. The predicted octanol–water partition coefficient (Wildman–Crippen LogP) is 4.07. The van der Waals surface area contributed by atoms with Gasteiger partial charge in [0.15, 0.2) is 0 Å². The van der Waals surface area contributed by atoms with Crippen LogP contribution in [0, 0.1) is 0 Å². The molecule has 0 saturated heterocycles. The summed E-state index contributed by atoms with van der Waals surface area (Å²) in [6.45, 7) is 0.456. The summed E-state index contributed by atoms with van der Waals surface area (Å²) in [5.74, 6) is -1.20. The molecule has 0 spiro atoms. The van der Waals surface area contributed by atoms with Crippen LogP contribution in [0.3, 0.4) is 0 Å². The Labute approximate surface area is 161 Å². The van der Waals surface area contributed by atoms with Gasteiger partial charge in [-0.2, -0.15) is 0 Å². The van der Waals surface area contributed by atoms with Gasteiger partial charge in [0.05, 0.1) is 0 Å². The minimum Gasteiger partial charge on any atom is -0.481 e. The predicted molar refractivity (Wildman–Crippen MR) is 103 cm³/mol. The number of ether oxygens (including phenoxy) is 1. The molecule has 1 atom stereocenters. The molecule has 8 nitrogen and oxygen atoms in total. The van der Waals surface area contributed by atoms with Crippen LogP contribution in [0.25, 0.3) is 21.6 Å². The summed E-state index contributed by atoms with van der Waals surface area (Å²) in [5, 5.41) is 14.7. The van der Waals surface area contributed by atoms with Crippen molar-refractivity contribution < 1.29 is 19.4 Å². The fourth-order valence-electron chi connectivity index (χ4n) is 3.43. The van der Waals surface area contributed by atoms with E-state index in [0.29, 0.717) is 6.42 Å². The number of carboxylic acid groups (broad SMARTS) is 1. The lowest BCUT2D eigenvalue weighted by molar-refractivity contribution is -0.138. The number of alkyl carbamates (subject to hydrolysis) is 1. The van der Waals surface area contributed by atoms with Gasteiger partial charge in [0, 0.05) is 17.4 Å². The number of azide groups is 1. The van der Waals surface area contributed by atoms with Crippen molar-refractivity contribution in [3.05, 3.63) is 70.1 Å². The Morgan fingerprint density at radius 3 is 2.32 bits per heavy atom. The van der Waals surface area contributed by atoms with Crippen molar-refractivity contribution in [3.8, 4) is 11.1 Å². The number of carboxylic acids is 1. The number of nitrogens with zero attached hydrogens (tertiary/aromatic N) is 3. The van der Waals surface area contributed by atoms with Gasteiger partial charge in [-0.15, -0.1) is 0 Å². The maximum Gasteiger partial charge on any atom is 0.407 e. The van der Waals surface area contributed by atoms with Gasteiger partial charge in [0.1, 0.15) is 12.6 Å². The molecule has 28 heavy (non-hydrogen) atoms. The average molecular weight is 380 g/mol. The van der Waals surface area contributed by atoms with E-state index < -0.39 is 18.1 Å². The van der Waals surface area contributed by atoms with Gasteiger partial charge in [0.2, 0.25) is 0 Å². The number of hydrogen-bond acceptors (Lipinski definition) is 4. The Hall–Kier alpha value is -3.51. The van der Waals surface area contributed by atoms with Gasteiger partial charge in [-0.05, 0) is 40.6 Å². The topological polar surface area (TPSA) is 124 Å². The first-order valence-electron chi connectivity index (χ1n) is 8.97. The van der Waals surface area contributed by atoms with Crippen molar-refractivity contribution in [1.82, 2.24) is 5.32 Å². The van der Waals surface area contributed by atoms with E-state index >= 15 is 0 Å². The van der Waals surface area contributed by atoms with Gasteiger partial charge in [-0.25, -0.2) is 4.79 Å². The molecule has 144 valence electrons. The highest BCUT2D eigenvalue weighted by Gasteiger charge is 2.28. The van der Waals surface area contributed by atoms with Crippen LogP contribution < -0.4 is 5.32 Å². The van der Waals surface area contributed by atoms with Crippen LogP contribution >= 0.6 is 0 Å². The molecule has 0 radical (unpaired) electrons. The number of aliphatic carboxylic acids is 1. The van der Waals surface area contributed by atoms with Gasteiger partial charge in [0.25, 0.3) is 0 Å². The second-order valence-corrected chi connectivity index (χ2v) is 6.45. The molecule has 0 bridgehead atoms. The Balaban J connectivity index is 1.51. The number of hydrogen-bond donors (Lipinski definition) is 2. The zero-order valence-corrected chi connectivity index (χ0v) is 15.1. The first-order chi connectivity index (χ1) is 13.6. The van der Waals surface area contributed by atoms with Gasteiger partial charge in [-0.3, -0.25) is 4.79 Å². The van der Waals surface area contributed by atoms with Crippen molar-refractivity contribution in [3.63, 3.8) is 0 Å². The Bertz CT molecular complexity index is 876. The molecular weight excluding hydrogens is 360 g/mol. The molecular formula is C20H20N4O4. The van der Waals surface area contributed by atoms with Crippen molar-refractivity contribution >= 4 is 12.1 Å². The van der Waals surface area contributed by atoms with Crippen LogP contribution in [-0.2, 0) is 9.53 Å². The highest BCUT2D eigenvalue weighted by Crippen LogP contribution is 2.44. The third kappa shape index (κ3) is 4.24. The highest BCUT2D eigenvalue weighted by atomic mass is 16.5. The molecule has 8 heteroatoms. The number of rotatable bonds is 8. The van der Waals surface area contributed by atoms with Crippen LogP contribution in [0.15, 0.2) is 53.6 Å². The molecule has 0 aliphatic heterocycles. The van der Waals surface area contributed by atoms with Crippen molar-refractivity contribution in [1.29, 1.82) is 0 Å². The van der Waals surface area contributed by atoms with E-state index in [4.69, 9.17) is 15.4 Å². The normalized spacial score (nSPS) is 13.0. The number of benzene rings is 2. The summed E-state index contributed by atoms with van der Waals surface area (Å²) in [6.07, 6.45) is -0.0546. The quantitative estimate of drug-likeness (QED) is 0.310. The second-order valence-electron chi connectivity index (χ2n) is 6.45. The summed E-state index contributed by atoms with van der Waals surface area (Å²) in [6, 6.07) is 15.0. The summed E-state index contributed by atoms with van der Waals surface area (Å²) in [7, 11) is 0. The van der Waals surface area contributed by atoms with Crippen molar-refractivity contribution in [2.24, 2.45) is 5.11 Å². The molecule has 1 aliphatic carbocycles. The molecule has 0 saturated carbocycles. The lowest BCUT2D eigenvalue weighted by Gasteiger charge is -2.14. The fraction of sp³-hybridized carbons (Fsp3) is 0.300. The largest absolute Gasteiger partial charge is 0.481 e. The fourth-order valence-corrected chi connectivity index (χ4v) is 3.43. The molecule has 0 unspecified atom stereocenters. The Kier molecular flexibility index (Phi) is 6.14. The molecule has 2 aromatic carbocycles. The standard InChI is InChI=1S/C20H20N4O4/c21-24-23-18(19(25)26)10-5-11-22-20(27)28-12-17-15-8-3-1-6-13(15)14-7-2-4-9-16(14)17/h1-4,6-9,17-18H,5,10-12H2,(H,22,27)(H,25,26)/t18-/m0/s1. The molecule has 1 amide bonds. The summed E-state index contributed by atoms with van der Waals surface area (Å²) in [5.41, 5.74) is 12.9. The van der Waals surface area contributed by atoms with Crippen LogP contribution in [0.5, 0.6) is 0 Å². The number of fused-ring (bicyclic) bond motifs is 3. The molecule has 2 aromatic rings. The molecule has 0 fully saturated rings. The number of carbonyl (C=O) groups is 2. The molecule has 0 heterocycles. The van der Waals surface area contributed by atoms with Crippen LogP contribution in [-0.4, -0.2) is 36.4 Å². The number of amides is 1. The van der Waals surface area contributed by atoms with E-state index in [0.717, 1.165) is 22.3 Å². The zero-order valence-electron chi connectivity index (χ0n) is 15.1. The van der Waals surface area contributed by atoms with E-state index in [1.54, 1.807) is 0 Å². The van der Waals surface area contributed by atoms with Gasteiger partial charge < -0.3 is 15.2 Å². The number of carbonyl (C=O) groups excluding carboxylic acids is 1. The van der Waals surface area contributed by atoms with E-state index in [-0.39, 0.29) is 25.5 Å². The lowest BCUT2D eigenvalue weighted by Crippen LogP contribution is -2.28. The van der Waals surface area contributed by atoms with E-state index in [1.165, 1.54) is 0 Å². The summed E-state index contributed by atoms with van der Waals surface area (Å²) in [4.78, 5) is 25.4. The zero-order chi connectivity index (χ0) is 19.9. The smallest absolute Gasteiger partial charge is 0.407 e.